The summed E-state index contributed by atoms with van der Waals surface area (Å²) >= 11 is 0. The molecule has 56 valence electrons. The molecule has 0 radical (unpaired) electrons. The normalized spacial score (nSPS) is 11.8. The Balaban J connectivity index is 4.42. The summed E-state index contributed by atoms with van der Waals surface area (Å²) in [5, 5.41) is 8.69. The maximum Gasteiger partial charge on any atom is 0.298 e. The zero-order valence-corrected chi connectivity index (χ0v) is 5.75. The van der Waals surface area contributed by atoms with Crippen molar-refractivity contribution in [2.75, 3.05) is 0 Å². The molecule has 4 nitrogen and oxygen atoms in total. The van der Waals surface area contributed by atoms with Crippen molar-refractivity contribution in [3.05, 3.63) is 11.5 Å². The molecule has 4 heteroatoms. The van der Waals surface area contributed by atoms with Crippen LogP contribution >= 0.6 is 0 Å². The fourth-order valence-electron chi connectivity index (χ4n) is 0.471. The van der Waals surface area contributed by atoms with Gasteiger partial charge in [0.25, 0.3) is 6.47 Å². The van der Waals surface area contributed by atoms with Crippen molar-refractivity contribution in [1.29, 1.82) is 0 Å². The Bertz CT molecular complexity index is 176. The molecule has 0 aromatic carbocycles. The van der Waals surface area contributed by atoms with Crippen LogP contribution in [0.25, 0.3) is 0 Å². The molecule has 0 spiro atoms. The van der Waals surface area contributed by atoms with E-state index in [1.807, 2.05) is 0 Å². The van der Waals surface area contributed by atoms with E-state index in [1.165, 1.54) is 13.8 Å². The molecule has 0 aliphatic heterocycles. The van der Waals surface area contributed by atoms with Gasteiger partial charge in [-0.2, -0.15) is 0 Å². The van der Waals surface area contributed by atoms with Crippen molar-refractivity contribution in [3.63, 3.8) is 0 Å². The van der Waals surface area contributed by atoms with Gasteiger partial charge < -0.3 is 9.84 Å². The van der Waals surface area contributed by atoms with Gasteiger partial charge in [-0.05, 0) is 6.92 Å². The zero-order valence-electron chi connectivity index (χ0n) is 5.75. The third-order valence-corrected chi connectivity index (χ3v) is 0.814. The van der Waals surface area contributed by atoms with Crippen LogP contribution in [0.1, 0.15) is 13.8 Å². The summed E-state index contributed by atoms with van der Waals surface area (Å²) in [5.74, 6) is -1.08. The summed E-state index contributed by atoms with van der Waals surface area (Å²) in [4.78, 5) is 20.2. The minimum absolute atomic E-state index is 0.0937. The Labute approximate surface area is 58.1 Å². The SMILES string of the molecule is CC(=O)/C(OC=O)=C(\C)O. The molecule has 0 fully saturated rings. The first-order chi connectivity index (χ1) is 4.59. The van der Waals surface area contributed by atoms with Gasteiger partial charge in [-0.3, -0.25) is 9.59 Å². The molecule has 0 bridgehead atoms. The Kier molecular flexibility index (Phi) is 3.17. The predicted octanol–water partition coefficient (Wildman–Crippen LogP) is 0.538. The quantitative estimate of drug-likeness (QED) is 0.356. The highest BCUT2D eigenvalue weighted by Crippen LogP contribution is 2.01. The minimum atomic E-state index is -0.480. The molecule has 0 saturated heterocycles. The number of ketones is 1. The molecule has 0 atom stereocenters. The summed E-state index contributed by atoms with van der Waals surface area (Å²) in [6, 6.07) is 0. The van der Waals surface area contributed by atoms with Crippen LogP contribution in [0.5, 0.6) is 0 Å². The maximum absolute atomic E-state index is 10.5. The fraction of sp³-hybridized carbons (Fsp3) is 0.333. The average Bonchev–Trinajstić information content (AvgIpc) is 1.81. The van der Waals surface area contributed by atoms with Crippen LogP contribution in [0.4, 0.5) is 0 Å². The molecular weight excluding hydrogens is 136 g/mol. The zero-order chi connectivity index (χ0) is 8.15. The first-order valence-electron chi connectivity index (χ1n) is 2.60. The number of allylic oxidation sites excluding steroid dienone is 2. The standard InChI is InChI=1S/C6H8O4/c1-4(8)6(5(2)9)10-3-7/h3,8H,1-2H3/b6-4-. The number of carbonyl (C=O) groups is 2. The molecule has 0 amide bonds. The van der Waals surface area contributed by atoms with E-state index in [-0.39, 0.29) is 18.0 Å². The second-order valence-electron chi connectivity index (χ2n) is 1.68. The van der Waals surface area contributed by atoms with Gasteiger partial charge in [-0.25, -0.2) is 0 Å². The van der Waals surface area contributed by atoms with E-state index >= 15 is 0 Å². The summed E-state index contributed by atoms with van der Waals surface area (Å²) in [6.07, 6.45) is 0. The van der Waals surface area contributed by atoms with Crippen molar-refractivity contribution < 1.29 is 19.4 Å². The summed E-state index contributed by atoms with van der Waals surface area (Å²) in [7, 11) is 0. The Morgan fingerprint density at radius 3 is 2.10 bits per heavy atom. The van der Waals surface area contributed by atoms with Gasteiger partial charge >= 0.3 is 0 Å². The van der Waals surface area contributed by atoms with Gasteiger partial charge in [0.05, 0.1) is 0 Å². The highest BCUT2D eigenvalue weighted by Gasteiger charge is 2.07. The van der Waals surface area contributed by atoms with Gasteiger partial charge in [0.2, 0.25) is 5.76 Å². The lowest BCUT2D eigenvalue weighted by Crippen LogP contribution is -2.03. The number of Topliss-reactive ketones (excluding diaryl/α,β-unsaturated/α-hetero) is 1. The monoisotopic (exact) mass is 144 g/mol. The molecule has 1 N–H and O–H groups in total. The number of carbonyl (C=O) groups excluding carboxylic acids is 2. The number of hydrogen-bond acceptors (Lipinski definition) is 4. The number of aliphatic hydroxyl groups excluding tert-OH is 1. The third kappa shape index (κ3) is 2.30. The molecular formula is C6H8O4. The van der Waals surface area contributed by atoms with Gasteiger partial charge in [-0.1, -0.05) is 0 Å². The highest BCUT2D eigenvalue weighted by atomic mass is 16.5. The fourth-order valence-corrected chi connectivity index (χ4v) is 0.471. The molecule has 0 heterocycles. The van der Waals surface area contributed by atoms with Crippen molar-refractivity contribution >= 4 is 12.3 Å². The first kappa shape index (κ1) is 8.68. The predicted molar refractivity (Wildman–Crippen MR) is 33.2 cm³/mol. The number of rotatable bonds is 3. The van der Waals surface area contributed by atoms with Crippen LogP contribution in [0.2, 0.25) is 0 Å². The average molecular weight is 144 g/mol. The number of ether oxygens (including phenoxy) is 1. The number of aliphatic hydroxyl groups is 1. The largest absolute Gasteiger partial charge is 0.509 e. The molecule has 0 aromatic rings. The van der Waals surface area contributed by atoms with Crippen LogP contribution < -0.4 is 0 Å². The van der Waals surface area contributed by atoms with E-state index in [0.29, 0.717) is 0 Å². The minimum Gasteiger partial charge on any atom is -0.509 e. The Morgan fingerprint density at radius 2 is 2.00 bits per heavy atom. The number of hydrogen-bond donors (Lipinski definition) is 1. The molecule has 0 aromatic heterocycles. The van der Waals surface area contributed by atoms with Gasteiger partial charge in [0.1, 0.15) is 5.76 Å². The Morgan fingerprint density at radius 1 is 1.50 bits per heavy atom. The van der Waals surface area contributed by atoms with Crippen molar-refractivity contribution in [1.82, 2.24) is 0 Å². The molecule has 0 aliphatic rings. The van der Waals surface area contributed by atoms with Crippen molar-refractivity contribution in [2.24, 2.45) is 0 Å². The Hall–Kier alpha value is -1.32. The molecule has 0 unspecified atom stereocenters. The summed E-state index contributed by atoms with van der Waals surface area (Å²) < 4.78 is 4.16. The van der Waals surface area contributed by atoms with E-state index in [0.717, 1.165) is 0 Å². The maximum atomic E-state index is 10.5. The second kappa shape index (κ2) is 3.66. The summed E-state index contributed by atoms with van der Waals surface area (Å²) in [6.45, 7) is 2.55. The van der Waals surface area contributed by atoms with Crippen LogP contribution in [-0.4, -0.2) is 17.4 Å². The van der Waals surface area contributed by atoms with E-state index in [2.05, 4.69) is 4.74 Å². The van der Waals surface area contributed by atoms with Gasteiger partial charge in [0.15, 0.2) is 5.78 Å². The second-order valence-corrected chi connectivity index (χ2v) is 1.68. The molecule has 0 aliphatic carbocycles. The third-order valence-electron chi connectivity index (χ3n) is 0.814. The van der Waals surface area contributed by atoms with E-state index in [9.17, 15) is 9.59 Å². The van der Waals surface area contributed by atoms with E-state index in [4.69, 9.17) is 5.11 Å². The van der Waals surface area contributed by atoms with E-state index < -0.39 is 5.78 Å². The lowest BCUT2D eigenvalue weighted by molar-refractivity contribution is -0.130. The lowest BCUT2D eigenvalue weighted by atomic mass is 10.3. The molecule has 10 heavy (non-hydrogen) atoms. The molecule has 0 saturated carbocycles. The first-order valence-corrected chi connectivity index (χ1v) is 2.60. The van der Waals surface area contributed by atoms with E-state index in [1.54, 1.807) is 0 Å². The van der Waals surface area contributed by atoms with Crippen molar-refractivity contribution in [2.45, 2.75) is 13.8 Å². The smallest absolute Gasteiger partial charge is 0.298 e. The highest BCUT2D eigenvalue weighted by molar-refractivity contribution is 5.92. The van der Waals surface area contributed by atoms with Gasteiger partial charge in [0, 0.05) is 6.92 Å². The van der Waals surface area contributed by atoms with Crippen LogP contribution in [0.3, 0.4) is 0 Å². The van der Waals surface area contributed by atoms with Crippen LogP contribution in [0, 0.1) is 0 Å². The topological polar surface area (TPSA) is 63.6 Å². The summed E-state index contributed by atoms with van der Waals surface area (Å²) in [5.41, 5.74) is 0. The van der Waals surface area contributed by atoms with Gasteiger partial charge in [-0.15, -0.1) is 0 Å². The van der Waals surface area contributed by atoms with Crippen LogP contribution in [-0.2, 0) is 14.3 Å². The van der Waals surface area contributed by atoms with Crippen LogP contribution in [0.15, 0.2) is 11.5 Å². The lowest BCUT2D eigenvalue weighted by Gasteiger charge is -1.98. The molecule has 0 rings (SSSR count). The van der Waals surface area contributed by atoms with Crippen molar-refractivity contribution in [3.8, 4) is 0 Å².